The van der Waals surface area contributed by atoms with Crippen LogP contribution >= 0.6 is 0 Å². The third-order valence-electron chi connectivity index (χ3n) is 3.52. The van der Waals surface area contributed by atoms with Gasteiger partial charge in [0, 0.05) is 25.6 Å². The van der Waals surface area contributed by atoms with Crippen molar-refractivity contribution in [3.63, 3.8) is 0 Å². The van der Waals surface area contributed by atoms with E-state index in [1.807, 2.05) is 35.2 Å². The number of methoxy groups -OCH3 is 1. The number of carbonyl (C=O) groups is 1. The Balaban J connectivity index is 2.03. The lowest BCUT2D eigenvalue weighted by atomic mass is 9.97. The number of halogens is 2. The summed E-state index contributed by atoms with van der Waals surface area (Å²) in [6.45, 7) is 1.14. The third-order valence-corrected chi connectivity index (χ3v) is 3.52. The number of carbonyl (C=O) groups excluding carboxylic acids is 1. The van der Waals surface area contributed by atoms with Crippen LogP contribution in [0.3, 0.4) is 0 Å². The van der Waals surface area contributed by atoms with Crippen LogP contribution in [0.1, 0.15) is 5.56 Å². The zero-order valence-corrected chi connectivity index (χ0v) is 10.8. The van der Waals surface area contributed by atoms with E-state index < -0.39 is 24.2 Å². The van der Waals surface area contributed by atoms with Crippen LogP contribution < -0.4 is 0 Å². The summed E-state index contributed by atoms with van der Waals surface area (Å²) >= 11 is 0. The number of likely N-dealkylation sites (tertiary alicyclic amines) is 1. The van der Waals surface area contributed by atoms with Crippen LogP contribution in [0.2, 0.25) is 0 Å². The number of alkyl halides is 2. The highest BCUT2D eigenvalue weighted by atomic mass is 19.3. The second kappa shape index (κ2) is 6.10. The zero-order chi connectivity index (χ0) is 13.8. The fourth-order valence-corrected chi connectivity index (χ4v) is 2.54. The van der Waals surface area contributed by atoms with Gasteiger partial charge in [0.25, 0.3) is 0 Å². The fraction of sp³-hybridized carbons (Fsp3) is 0.500. The number of esters is 1. The molecule has 0 spiro atoms. The van der Waals surface area contributed by atoms with Crippen molar-refractivity contribution in [2.45, 2.75) is 13.0 Å². The van der Waals surface area contributed by atoms with Gasteiger partial charge in [0.05, 0.1) is 13.0 Å². The molecule has 1 heterocycles. The molecule has 1 aliphatic rings. The highest BCUT2D eigenvalue weighted by Crippen LogP contribution is 2.30. The maximum atomic E-state index is 13.0. The molecule has 1 fully saturated rings. The van der Waals surface area contributed by atoms with Crippen LogP contribution in [0.25, 0.3) is 0 Å². The molecule has 104 valence electrons. The molecule has 0 amide bonds. The molecule has 0 radical (unpaired) electrons. The van der Waals surface area contributed by atoms with E-state index >= 15 is 0 Å². The second-order valence-electron chi connectivity index (χ2n) is 4.81. The van der Waals surface area contributed by atoms with Gasteiger partial charge < -0.3 is 4.74 Å². The number of nitrogens with zero attached hydrogens (tertiary/aromatic N) is 1. The summed E-state index contributed by atoms with van der Waals surface area (Å²) in [5.41, 5.74) is 1.06. The number of hydrogen-bond donors (Lipinski definition) is 0. The van der Waals surface area contributed by atoms with Crippen molar-refractivity contribution in [1.29, 1.82) is 0 Å². The van der Waals surface area contributed by atoms with E-state index in [9.17, 15) is 13.6 Å². The van der Waals surface area contributed by atoms with Crippen molar-refractivity contribution in [2.24, 2.45) is 11.8 Å². The maximum absolute atomic E-state index is 13.0. The summed E-state index contributed by atoms with van der Waals surface area (Å²) in [6, 6.07) is 9.62. The van der Waals surface area contributed by atoms with Gasteiger partial charge in [0.1, 0.15) is 0 Å². The van der Waals surface area contributed by atoms with Crippen LogP contribution in [0.4, 0.5) is 8.78 Å². The quantitative estimate of drug-likeness (QED) is 0.785. The molecular formula is C14H17F2NO2. The Morgan fingerprint density at radius 3 is 2.63 bits per heavy atom. The Morgan fingerprint density at radius 2 is 2.05 bits per heavy atom. The monoisotopic (exact) mass is 269 g/mol. The molecule has 2 atom stereocenters. The summed E-state index contributed by atoms with van der Waals surface area (Å²) in [5.74, 6) is -2.20. The molecule has 0 aromatic heterocycles. The maximum Gasteiger partial charge on any atom is 0.310 e. The first-order chi connectivity index (χ1) is 9.11. The lowest BCUT2D eigenvalue weighted by molar-refractivity contribution is -0.148. The molecule has 5 heteroatoms. The first-order valence-corrected chi connectivity index (χ1v) is 6.24. The Kier molecular flexibility index (Phi) is 4.47. The van der Waals surface area contributed by atoms with Gasteiger partial charge in [-0.15, -0.1) is 0 Å². The van der Waals surface area contributed by atoms with Crippen LogP contribution in [-0.2, 0) is 16.1 Å². The smallest absolute Gasteiger partial charge is 0.310 e. The molecule has 1 saturated heterocycles. The second-order valence-corrected chi connectivity index (χ2v) is 4.81. The number of hydrogen-bond acceptors (Lipinski definition) is 3. The van der Waals surface area contributed by atoms with Crippen molar-refractivity contribution in [2.75, 3.05) is 20.2 Å². The van der Waals surface area contributed by atoms with Gasteiger partial charge in [-0.3, -0.25) is 9.69 Å². The average Bonchev–Trinajstić information content (AvgIpc) is 2.83. The van der Waals surface area contributed by atoms with Gasteiger partial charge in [0.2, 0.25) is 6.43 Å². The lowest BCUT2D eigenvalue weighted by Crippen LogP contribution is -2.28. The van der Waals surface area contributed by atoms with Crippen LogP contribution in [0.5, 0.6) is 0 Å². The highest BCUT2D eigenvalue weighted by molar-refractivity contribution is 5.73. The van der Waals surface area contributed by atoms with Crippen molar-refractivity contribution in [3.05, 3.63) is 35.9 Å². The lowest BCUT2D eigenvalue weighted by Gasteiger charge is -2.15. The van der Waals surface area contributed by atoms with Crippen molar-refractivity contribution < 1.29 is 18.3 Å². The van der Waals surface area contributed by atoms with E-state index in [2.05, 4.69) is 4.74 Å². The minimum absolute atomic E-state index is 0.228. The normalized spacial score (nSPS) is 23.8. The van der Waals surface area contributed by atoms with Crippen LogP contribution in [0.15, 0.2) is 30.3 Å². The first-order valence-electron chi connectivity index (χ1n) is 6.24. The number of ether oxygens (including phenoxy) is 1. The minimum Gasteiger partial charge on any atom is -0.469 e. The molecule has 3 nitrogen and oxygen atoms in total. The molecule has 1 aromatic carbocycles. The van der Waals surface area contributed by atoms with E-state index in [0.29, 0.717) is 13.1 Å². The first kappa shape index (κ1) is 13.9. The predicted molar refractivity (Wildman–Crippen MR) is 66.7 cm³/mol. The van der Waals surface area contributed by atoms with Crippen molar-refractivity contribution in [1.82, 2.24) is 4.90 Å². The van der Waals surface area contributed by atoms with E-state index in [4.69, 9.17) is 0 Å². The van der Waals surface area contributed by atoms with Gasteiger partial charge in [-0.1, -0.05) is 30.3 Å². The standard InChI is InChI=1S/C14H17F2NO2/c1-19-14(18)12-9-17(8-11(12)13(15)16)7-10-5-3-2-4-6-10/h2-6,11-13H,7-9H2,1H3/t11-,12+/m0/s1. The molecule has 19 heavy (non-hydrogen) atoms. The van der Waals surface area contributed by atoms with Gasteiger partial charge >= 0.3 is 5.97 Å². The third kappa shape index (κ3) is 3.29. The summed E-state index contributed by atoms with van der Waals surface area (Å²) < 4.78 is 30.5. The molecule has 0 unspecified atom stereocenters. The molecule has 0 saturated carbocycles. The predicted octanol–water partition coefficient (Wildman–Crippen LogP) is 2.17. The summed E-state index contributed by atoms with van der Waals surface area (Å²) in [5, 5.41) is 0. The topological polar surface area (TPSA) is 29.5 Å². The molecule has 0 aliphatic carbocycles. The Bertz CT molecular complexity index is 425. The van der Waals surface area contributed by atoms with E-state index in [-0.39, 0.29) is 6.54 Å². The largest absolute Gasteiger partial charge is 0.469 e. The summed E-state index contributed by atoms with van der Waals surface area (Å²) in [6.07, 6.45) is -2.50. The van der Waals surface area contributed by atoms with Crippen molar-refractivity contribution >= 4 is 5.97 Å². The summed E-state index contributed by atoms with van der Waals surface area (Å²) in [7, 11) is 1.24. The zero-order valence-electron chi connectivity index (χ0n) is 10.8. The number of rotatable bonds is 4. The Labute approximate surface area is 111 Å². The molecule has 0 bridgehead atoms. The summed E-state index contributed by atoms with van der Waals surface area (Å²) in [4.78, 5) is 13.4. The molecule has 1 aliphatic heterocycles. The van der Waals surface area contributed by atoms with Gasteiger partial charge in [0.15, 0.2) is 0 Å². The Morgan fingerprint density at radius 1 is 1.37 bits per heavy atom. The molecular weight excluding hydrogens is 252 g/mol. The van der Waals surface area contributed by atoms with E-state index in [0.717, 1.165) is 5.56 Å². The van der Waals surface area contributed by atoms with E-state index in [1.165, 1.54) is 7.11 Å². The van der Waals surface area contributed by atoms with Crippen LogP contribution in [0, 0.1) is 11.8 Å². The minimum atomic E-state index is -2.50. The SMILES string of the molecule is COC(=O)[C@@H]1CN(Cc2ccccc2)C[C@@H]1C(F)F. The fourth-order valence-electron chi connectivity index (χ4n) is 2.54. The van der Waals surface area contributed by atoms with Gasteiger partial charge in [-0.25, -0.2) is 8.78 Å². The molecule has 2 rings (SSSR count). The van der Waals surface area contributed by atoms with Gasteiger partial charge in [-0.05, 0) is 5.56 Å². The Hall–Kier alpha value is -1.49. The molecule has 1 aromatic rings. The van der Waals surface area contributed by atoms with Crippen LogP contribution in [-0.4, -0.2) is 37.5 Å². The van der Waals surface area contributed by atoms with Crippen molar-refractivity contribution in [3.8, 4) is 0 Å². The highest BCUT2D eigenvalue weighted by Gasteiger charge is 2.43. The van der Waals surface area contributed by atoms with E-state index in [1.54, 1.807) is 0 Å². The van der Waals surface area contributed by atoms with Gasteiger partial charge in [-0.2, -0.15) is 0 Å². The average molecular weight is 269 g/mol. The molecule has 0 N–H and O–H groups in total. The number of benzene rings is 1.